The Bertz CT molecular complexity index is 148. The molecule has 0 N–H and O–H groups in total. The van der Waals surface area contributed by atoms with E-state index in [4.69, 9.17) is 0 Å². The molecule has 0 aliphatic carbocycles. The quantitative estimate of drug-likeness (QED) is 0.460. The Kier molecular flexibility index (Phi) is 2.90. The number of hydrogen-bond donors (Lipinski definition) is 0. The van der Waals surface area contributed by atoms with Crippen LogP contribution in [0.1, 0.15) is 6.92 Å². The van der Waals surface area contributed by atoms with Crippen LogP contribution in [0.4, 0.5) is 0 Å². The van der Waals surface area contributed by atoms with E-state index in [0.29, 0.717) is 0 Å². The maximum Gasteiger partial charge on any atom is 0.0725 e. The predicted octanol–water partition coefficient (Wildman–Crippen LogP) is 2.13. The van der Waals surface area contributed by atoms with Crippen LogP contribution in [0.3, 0.4) is 0 Å². The molecule has 1 nitrogen and oxygen atoms in total. The van der Waals surface area contributed by atoms with E-state index in [9.17, 15) is 0 Å². The van der Waals surface area contributed by atoms with E-state index < -0.39 is 8.07 Å². The molecule has 1 aliphatic heterocycles. The summed E-state index contributed by atoms with van der Waals surface area (Å²) in [5.74, 6) is 0. The molecule has 1 aliphatic rings. The molecule has 0 saturated carbocycles. The highest BCUT2D eigenvalue weighted by Gasteiger charge is 2.22. The van der Waals surface area contributed by atoms with Gasteiger partial charge >= 0.3 is 0 Å². The third-order valence-electron chi connectivity index (χ3n) is 2.23. The molecule has 2 heteroatoms. The Morgan fingerprint density at radius 3 is 2.45 bits per heavy atom. The lowest BCUT2D eigenvalue weighted by molar-refractivity contribution is 0.590. The molecular formula is C9H19NSi. The van der Waals surface area contributed by atoms with Gasteiger partial charge < -0.3 is 4.90 Å². The summed E-state index contributed by atoms with van der Waals surface area (Å²) in [5, 5.41) is 0. The van der Waals surface area contributed by atoms with Gasteiger partial charge in [0.05, 0.1) is 8.07 Å². The first-order chi connectivity index (χ1) is 5.14. The van der Waals surface area contributed by atoms with Crippen molar-refractivity contribution in [3.63, 3.8) is 0 Å². The first kappa shape index (κ1) is 9.01. The smallest absolute Gasteiger partial charge is 0.0725 e. The Morgan fingerprint density at radius 2 is 2.00 bits per heavy atom. The summed E-state index contributed by atoms with van der Waals surface area (Å²) in [4.78, 5) is 2.51. The molecule has 0 bridgehead atoms. The van der Waals surface area contributed by atoms with E-state index in [1.165, 1.54) is 25.7 Å². The van der Waals surface area contributed by atoms with Gasteiger partial charge in [0.25, 0.3) is 0 Å². The van der Waals surface area contributed by atoms with Crippen molar-refractivity contribution in [2.45, 2.75) is 26.1 Å². The molecule has 0 amide bonds. The second kappa shape index (κ2) is 3.54. The molecule has 1 rings (SSSR count). The molecule has 0 aromatic heterocycles. The van der Waals surface area contributed by atoms with Gasteiger partial charge in [-0.1, -0.05) is 24.9 Å². The van der Waals surface area contributed by atoms with Gasteiger partial charge in [0.1, 0.15) is 0 Å². The fourth-order valence-electron chi connectivity index (χ4n) is 1.28. The third kappa shape index (κ3) is 3.73. The van der Waals surface area contributed by atoms with Crippen LogP contribution in [-0.2, 0) is 0 Å². The Hall–Kier alpha value is -0.0831. The number of allylic oxidation sites excluding steroid dienone is 1. The molecule has 0 spiro atoms. The van der Waals surface area contributed by atoms with Gasteiger partial charge in [-0.2, -0.15) is 0 Å². The van der Waals surface area contributed by atoms with Crippen LogP contribution < -0.4 is 0 Å². The summed E-state index contributed by atoms with van der Waals surface area (Å²) >= 11 is 0. The normalized spacial score (nSPS) is 19.5. The second-order valence-electron chi connectivity index (χ2n) is 4.08. The topological polar surface area (TPSA) is 3.01 Å². The zero-order chi connectivity index (χ0) is 8.32. The summed E-state index contributed by atoms with van der Waals surface area (Å²) in [7, 11) is -0.948. The van der Waals surface area contributed by atoms with Crippen LogP contribution in [-0.4, -0.2) is 32.6 Å². The van der Waals surface area contributed by atoms with Crippen molar-refractivity contribution in [2.24, 2.45) is 0 Å². The number of hydrogen-bond acceptors (Lipinski definition) is 1. The van der Waals surface area contributed by atoms with Crippen LogP contribution in [0.25, 0.3) is 0 Å². The average Bonchev–Trinajstić information content (AvgIpc) is 2.65. The molecule has 0 radical (unpaired) electrons. The summed E-state index contributed by atoms with van der Waals surface area (Å²) in [6, 6.07) is 1.43. The molecule has 1 fully saturated rings. The van der Waals surface area contributed by atoms with Gasteiger partial charge in [-0.25, -0.2) is 0 Å². The van der Waals surface area contributed by atoms with Crippen LogP contribution in [0.2, 0.25) is 19.1 Å². The van der Waals surface area contributed by atoms with Crippen LogP contribution >= 0.6 is 0 Å². The van der Waals surface area contributed by atoms with Gasteiger partial charge in [-0.05, 0) is 19.5 Å². The van der Waals surface area contributed by atoms with Gasteiger partial charge in [-0.15, -0.1) is 0 Å². The monoisotopic (exact) mass is 169 g/mol. The van der Waals surface area contributed by atoms with Crippen molar-refractivity contribution in [1.82, 2.24) is 4.90 Å². The standard InChI is InChI=1S/C9H19NSi/c1-4-8-11(2,3)9-7-10-5-6-10/h4,8H,5-7,9H2,1-3H3/b8-4-. The maximum absolute atomic E-state index is 2.51. The summed E-state index contributed by atoms with van der Waals surface area (Å²) in [5.41, 5.74) is 2.44. The van der Waals surface area contributed by atoms with Crippen LogP contribution in [0, 0.1) is 0 Å². The van der Waals surface area contributed by atoms with E-state index in [1.807, 2.05) is 0 Å². The highest BCUT2D eigenvalue weighted by atomic mass is 28.3. The highest BCUT2D eigenvalue weighted by Crippen LogP contribution is 2.14. The predicted molar refractivity (Wildman–Crippen MR) is 53.5 cm³/mol. The van der Waals surface area contributed by atoms with E-state index in [0.717, 1.165) is 0 Å². The minimum atomic E-state index is -0.948. The minimum Gasteiger partial charge on any atom is -0.301 e. The molecule has 0 unspecified atom stereocenters. The van der Waals surface area contributed by atoms with Crippen molar-refractivity contribution >= 4 is 8.07 Å². The lowest BCUT2D eigenvalue weighted by atomic mass is 10.7. The molecule has 1 heterocycles. The SMILES string of the molecule is C/C=C\[Si](C)(C)CCN1CC1. The summed E-state index contributed by atoms with van der Waals surface area (Å²) < 4.78 is 0. The first-order valence-electron chi connectivity index (χ1n) is 4.50. The molecule has 0 aromatic rings. The second-order valence-corrected chi connectivity index (χ2v) is 8.89. The number of rotatable bonds is 4. The van der Waals surface area contributed by atoms with Crippen molar-refractivity contribution in [3.8, 4) is 0 Å². The van der Waals surface area contributed by atoms with Gasteiger partial charge in [0, 0.05) is 13.1 Å². The Balaban J connectivity index is 2.20. The van der Waals surface area contributed by atoms with Crippen LogP contribution in [0.15, 0.2) is 11.8 Å². The van der Waals surface area contributed by atoms with Crippen molar-refractivity contribution in [3.05, 3.63) is 11.8 Å². The molecule has 64 valence electrons. The molecular weight excluding hydrogens is 150 g/mol. The highest BCUT2D eigenvalue weighted by molar-refractivity contribution is 6.82. The molecule has 0 aromatic carbocycles. The van der Waals surface area contributed by atoms with E-state index in [-0.39, 0.29) is 0 Å². The minimum absolute atomic E-state index is 0.948. The molecule has 0 atom stereocenters. The summed E-state index contributed by atoms with van der Waals surface area (Å²) in [6.45, 7) is 11.0. The zero-order valence-electron chi connectivity index (χ0n) is 7.93. The lowest BCUT2D eigenvalue weighted by Gasteiger charge is -2.17. The van der Waals surface area contributed by atoms with E-state index in [2.05, 4.69) is 36.7 Å². The Morgan fingerprint density at radius 1 is 1.36 bits per heavy atom. The Labute approximate surface area is 71.1 Å². The largest absolute Gasteiger partial charge is 0.301 e. The van der Waals surface area contributed by atoms with Gasteiger partial charge in [0.2, 0.25) is 0 Å². The molecule has 1 saturated heterocycles. The van der Waals surface area contributed by atoms with Gasteiger partial charge in [0.15, 0.2) is 0 Å². The fourth-order valence-corrected chi connectivity index (χ4v) is 3.24. The summed E-state index contributed by atoms with van der Waals surface area (Å²) in [6.07, 6.45) is 2.22. The fraction of sp³-hybridized carbons (Fsp3) is 0.778. The first-order valence-corrected chi connectivity index (χ1v) is 7.79. The lowest BCUT2D eigenvalue weighted by Crippen LogP contribution is -2.25. The number of nitrogens with zero attached hydrogens (tertiary/aromatic N) is 1. The maximum atomic E-state index is 2.51. The van der Waals surface area contributed by atoms with E-state index >= 15 is 0 Å². The van der Waals surface area contributed by atoms with Crippen molar-refractivity contribution < 1.29 is 0 Å². The average molecular weight is 169 g/mol. The van der Waals surface area contributed by atoms with Crippen molar-refractivity contribution in [1.29, 1.82) is 0 Å². The van der Waals surface area contributed by atoms with Crippen molar-refractivity contribution in [2.75, 3.05) is 19.6 Å². The third-order valence-corrected chi connectivity index (χ3v) is 4.98. The van der Waals surface area contributed by atoms with Crippen LogP contribution in [0.5, 0.6) is 0 Å². The zero-order valence-corrected chi connectivity index (χ0v) is 8.93. The van der Waals surface area contributed by atoms with Gasteiger partial charge in [-0.3, -0.25) is 0 Å². The molecule has 11 heavy (non-hydrogen) atoms. The van der Waals surface area contributed by atoms with E-state index in [1.54, 1.807) is 0 Å².